The molecule has 0 aromatic carbocycles. The van der Waals surface area contributed by atoms with Crippen molar-refractivity contribution in [3.8, 4) is 0 Å². The smallest absolute Gasteiger partial charge is 0.410 e. The quantitative estimate of drug-likeness (QED) is 0.725. The number of ether oxygens (including phenoxy) is 2. The van der Waals surface area contributed by atoms with E-state index in [0.29, 0.717) is 0 Å². The number of carbonyl (C=O) groups excluding carboxylic acids is 2. The minimum Gasteiger partial charge on any atom is -0.466 e. The Morgan fingerprint density at radius 2 is 2.00 bits per heavy atom. The van der Waals surface area contributed by atoms with E-state index in [0.717, 1.165) is 0 Å². The van der Waals surface area contributed by atoms with E-state index in [2.05, 4.69) is 0 Å². The van der Waals surface area contributed by atoms with Crippen molar-refractivity contribution in [2.45, 2.75) is 45.9 Å². The molecule has 0 unspecified atom stereocenters. The molecule has 2 atom stereocenters. The van der Waals surface area contributed by atoms with Crippen molar-refractivity contribution < 1.29 is 23.5 Å². The molecule has 1 amide bonds. The standard InChI is InChI=1S/C13H22FNO4/c1-5-18-11(16)9-8-15(7-6-10(9)14)12(17)19-13(2,3)4/h9-10H,5-8H2,1-4H3/t9-,10+/m0/s1. The molecule has 110 valence electrons. The number of nitrogens with zero attached hydrogens (tertiary/aromatic N) is 1. The normalized spacial score (nSPS) is 23.9. The fraction of sp³-hybridized carbons (Fsp3) is 0.846. The zero-order chi connectivity index (χ0) is 14.6. The summed E-state index contributed by atoms with van der Waals surface area (Å²) in [7, 11) is 0. The molecule has 1 aliphatic rings. The molecule has 0 saturated carbocycles. The van der Waals surface area contributed by atoms with Crippen LogP contribution < -0.4 is 0 Å². The molecule has 19 heavy (non-hydrogen) atoms. The van der Waals surface area contributed by atoms with E-state index < -0.39 is 29.8 Å². The van der Waals surface area contributed by atoms with Gasteiger partial charge in [-0.1, -0.05) is 0 Å². The molecule has 6 heteroatoms. The Hall–Kier alpha value is -1.33. The van der Waals surface area contributed by atoms with Crippen LogP contribution in [0.15, 0.2) is 0 Å². The summed E-state index contributed by atoms with van der Waals surface area (Å²) in [6, 6.07) is 0. The molecule has 1 saturated heterocycles. The summed E-state index contributed by atoms with van der Waals surface area (Å²) < 4.78 is 23.8. The summed E-state index contributed by atoms with van der Waals surface area (Å²) >= 11 is 0. The third kappa shape index (κ3) is 4.69. The van der Waals surface area contributed by atoms with E-state index in [-0.39, 0.29) is 26.1 Å². The number of alkyl halides is 1. The fourth-order valence-electron chi connectivity index (χ4n) is 1.89. The Morgan fingerprint density at radius 1 is 1.37 bits per heavy atom. The average molecular weight is 275 g/mol. The molecular formula is C13H22FNO4. The Morgan fingerprint density at radius 3 is 2.53 bits per heavy atom. The van der Waals surface area contributed by atoms with E-state index in [9.17, 15) is 14.0 Å². The number of piperidine rings is 1. The molecule has 0 N–H and O–H groups in total. The first-order valence-corrected chi connectivity index (χ1v) is 6.53. The zero-order valence-corrected chi connectivity index (χ0v) is 11.9. The molecule has 0 bridgehead atoms. The van der Waals surface area contributed by atoms with Crippen LogP contribution in [0.2, 0.25) is 0 Å². The van der Waals surface area contributed by atoms with Crippen molar-refractivity contribution in [3.63, 3.8) is 0 Å². The number of hydrogen-bond acceptors (Lipinski definition) is 4. The van der Waals surface area contributed by atoms with Gasteiger partial charge in [0.2, 0.25) is 0 Å². The van der Waals surface area contributed by atoms with Crippen molar-refractivity contribution in [2.75, 3.05) is 19.7 Å². The first kappa shape index (κ1) is 15.7. The van der Waals surface area contributed by atoms with Gasteiger partial charge in [-0.3, -0.25) is 4.79 Å². The second-order valence-electron chi connectivity index (χ2n) is 5.59. The number of amides is 1. The van der Waals surface area contributed by atoms with Crippen molar-refractivity contribution in [2.24, 2.45) is 5.92 Å². The Balaban J connectivity index is 2.63. The lowest BCUT2D eigenvalue weighted by Gasteiger charge is -2.34. The molecule has 5 nitrogen and oxygen atoms in total. The predicted octanol–water partition coefficient (Wildman–Crippen LogP) is 2.14. The first-order chi connectivity index (χ1) is 8.74. The largest absolute Gasteiger partial charge is 0.466 e. The number of carbonyl (C=O) groups is 2. The average Bonchev–Trinajstić information content (AvgIpc) is 2.27. The maximum Gasteiger partial charge on any atom is 0.410 e. The fourth-order valence-corrected chi connectivity index (χ4v) is 1.89. The van der Waals surface area contributed by atoms with Crippen molar-refractivity contribution in [1.82, 2.24) is 4.90 Å². The Kier molecular flexibility index (Phi) is 5.14. The van der Waals surface area contributed by atoms with Crippen LogP contribution in [0.4, 0.5) is 9.18 Å². The molecule has 0 spiro atoms. The predicted molar refractivity (Wildman–Crippen MR) is 67.4 cm³/mol. The zero-order valence-electron chi connectivity index (χ0n) is 11.9. The molecule has 0 aromatic heterocycles. The van der Waals surface area contributed by atoms with Gasteiger partial charge in [0.1, 0.15) is 17.7 Å². The number of hydrogen-bond donors (Lipinski definition) is 0. The van der Waals surface area contributed by atoms with Crippen LogP contribution in [0.3, 0.4) is 0 Å². The molecule has 1 fully saturated rings. The van der Waals surface area contributed by atoms with Crippen LogP contribution in [0.1, 0.15) is 34.1 Å². The van der Waals surface area contributed by atoms with E-state index in [1.165, 1.54) is 4.90 Å². The molecular weight excluding hydrogens is 253 g/mol. The van der Waals surface area contributed by atoms with Crippen LogP contribution in [-0.2, 0) is 14.3 Å². The SMILES string of the molecule is CCOC(=O)[C@H]1CN(C(=O)OC(C)(C)C)CC[C@H]1F. The van der Waals surface area contributed by atoms with Gasteiger partial charge in [0.15, 0.2) is 0 Å². The van der Waals surface area contributed by atoms with Crippen molar-refractivity contribution in [1.29, 1.82) is 0 Å². The van der Waals surface area contributed by atoms with E-state index >= 15 is 0 Å². The Bertz CT molecular complexity index is 340. The Labute approximate surface area is 113 Å². The summed E-state index contributed by atoms with van der Waals surface area (Å²) in [5.74, 6) is -1.51. The molecule has 0 radical (unpaired) electrons. The van der Waals surface area contributed by atoms with Gasteiger partial charge in [0, 0.05) is 13.1 Å². The monoisotopic (exact) mass is 275 g/mol. The topological polar surface area (TPSA) is 55.8 Å². The van der Waals surface area contributed by atoms with Gasteiger partial charge >= 0.3 is 12.1 Å². The van der Waals surface area contributed by atoms with Gasteiger partial charge in [-0.05, 0) is 34.1 Å². The number of rotatable bonds is 2. The highest BCUT2D eigenvalue weighted by Crippen LogP contribution is 2.23. The summed E-state index contributed by atoms with van der Waals surface area (Å²) in [6.45, 7) is 7.41. The molecule has 0 aliphatic carbocycles. The van der Waals surface area contributed by atoms with E-state index in [1.807, 2.05) is 0 Å². The van der Waals surface area contributed by atoms with E-state index in [4.69, 9.17) is 9.47 Å². The van der Waals surface area contributed by atoms with Gasteiger partial charge < -0.3 is 14.4 Å². The second-order valence-corrected chi connectivity index (χ2v) is 5.59. The van der Waals surface area contributed by atoms with Crippen LogP contribution in [0.25, 0.3) is 0 Å². The highest BCUT2D eigenvalue weighted by atomic mass is 19.1. The van der Waals surface area contributed by atoms with Gasteiger partial charge in [-0.15, -0.1) is 0 Å². The third-order valence-electron chi connectivity index (χ3n) is 2.77. The van der Waals surface area contributed by atoms with Gasteiger partial charge in [-0.2, -0.15) is 0 Å². The van der Waals surface area contributed by atoms with Crippen LogP contribution in [-0.4, -0.2) is 48.4 Å². The van der Waals surface area contributed by atoms with Crippen LogP contribution >= 0.6 is 0 Å². The van der Waals surface area contributed by atoms with Gasteiger partial charge in [0.05, 0.1) is 6.61 Å². The highest BCUT2D eigenvalue weighted by molar-refractivity contribution is 5.75. The lowest BCUT2D eigenvalue weighted by atomic mass is 9.96. The summed E-state index contributed by atoms with van der Waals surface area (Å²) in [6.07, 6.45) is -1.66. The third-order valence-corrected chi connectivity index (χ3v) is 2.77. The number of likely N-dealkylation sites (tertiary alicyclic amines) is 1. The molecule has 0 aromatic rings. The molecule has 1 heterocycles. The molecule has 1 rings (SSSR count). The maximum absolute atomic E-state index is 13.7. The lowest BCUT2D eigenvalue weighted by Crippen LogP contribution is -2.49. The van der Waals surface area contributed by atoms with E-state index in [1.54, 1.807) is 27.7 Å². The van der Waals surface area contributed by atoms with Gasteiger partial charge in [0.25, 0.3) is 0 Å². The summed E-state index contributed by atoms with van der Waals surface area (Å²) in [5.41, 5.74) is -0.608. The van der Waals surface area contributed by atoms with Gasteiger partial charge in [-0.25, -0.2) is 9.18 Å². The second kappa shape index (κ2) is 6.21. The number of esters is 1. The minimum atomic E-state index is -1.27. The van der Waals surface area contributed by atoms with Crippen molar-refractivity contribution in [3.05, 3.63) is 0 Å². The highest BCUT2D eigenvalue weighted by Gasteiger charge is 2.38. The molecule has 1 aliphatic heterocycles. The number of halogens is 1. The van der Waals surface area contributed by atoms with Crippen molar-refractivity contribution >= 4 is 12.1 Å². The van der Waals surface area contributed by atoms with Crippen LogP contribution in [0, 0.1) is 5.92 Å². The summed E-state index contributed by atoms with van der Waals surface area (Å²) in [4.78, 5) is 24.9. The first-order valence-electron chi connectivity index (χ1n) is 6.53. The summed E-state index contributed by atoms with van der Waals surface area (Å²) in [5, 5.41) is 0. The maximum atomic E-state index is 13.7. The lowest BCUT2D eigenvalue weighted by molar-refractivity contribution is -0.152. The minimum absolute atomic E-state index is 0.00884. The van der Waals surface area contributed by atoms with Crippen LogP contribution in [0.5, 0.6) is 0 Å².